The number of nitrogens with zero attached hydrogens (tertiary/aromatic N) is 4. The van der Waals surface area contributed by atoms with Gasteiger partial charge in [-0.3, -0.25) is 14.3 Å². The molecule has 1 saturated heterocycles. The summed E-state index contributed by atoms with van der Waals surface area (Å²) in [7, 11) is 3.79. The zero-order valence-corrected chi connectivity index (χ0v) is 17.3. The molecule has 150 valence electrons. The van der Waals surface area contributed by atoms with Crippen molar-refractivity contribution in [1.29, 1.82) is 0 Å². The first-order chi connectivity index (χ1) is 12.9. The van der Waals surface area contributed by atoms with E-state index in [9.17, 15) is 9.59 Å². The average Bonchev–Trinajstić information content (AvgIpc) is 3.37. The predicted octanol–water partition coefficient (Wildman–Crippen LogP) is 2.81. The second-order valence-electron chi connectivity index (χ2n) is 8.48. The van der Waals surface area contributed by atoms with Gasteiger partial charge in [0.1, 0.15) is 0 Å². The number of aromatic nitrogens is 2. The molecule has 0 spiro atoms. The fourth-order valence-electron chi connectivity index (χ4n) is 4.65. The van der Waals surface area contributed by atoms with Crippen molar-refractivity contribution in [3.63, 3.8) is 0 Å². The van der Waals surface area contributed by atoms with Crippen molar-refractivity contribution in [1.82, 2.24) is 19.6 Å². The van der Waals surface area contributed by atoms with Gasteiger partial charge < -0.3 is 9.80 Å². The molecule has 0 unspecified atom stereocenters. The Balaban J connectivity index is 1.49. The largest absolute Gasteiger partial charge is 0.342 e. The molecule has 27 heavy (non-hydrogen) atoms. The number of hydrogen-bond donors (Lipinski definition) is 0. The summed E-state index contributed by atoms with van der Waals surface area (Å²) in [4.78, 5) is 29.1. The molecule has 0 bridgehead atoms. The zero-order valence-electron chi connectivity index (χ0n) is 17.3. The lowest BCUT2D eigenvalue weighted by Crippen LogP contribution is -2.35. The molecule has 0 aromatic carbocycles. The summed E-state index contributed by atoms with van der Waals surface area (Å²) in [6, 6.07) is 0. The smallest absolute Gasteiger partial charge is 0.227 e. The van der Waals surface area contributed by atoms with Gasteiger partial charge in [-0.15, -0.1) is 0 Å². The fourth-order valence-corrected chi connectivity index (χ4v) is 4.65. The van der Waals surface area contributed by atoms with Crippen LogP contribution < -0.4 is 0 Å². The third-order valence-corrected chi connectivity index (χ3v) is 6.56. The Morgan fingerprint density at radius 1 is 1.19 bits per heavy atom. The van der Waals surface area contributed by atoms with Crippen LogP contribution >= 0.6 is 0 Å². The summed E-state index contributed by atoms with van der Waals surface area (Å²) in [5.74, 6) is 1.05. The van der Waals surface area contributed by atoms with Gasteiger partial charge in [0.15, 0.2) is 0 Å². The van der Waals surface area contributed by atoms with E-state index in [0.717, 1.165) is 42.3 Å². The maximum atomic E-state index is 12.9. The van der Waals surface area contributed by atoms with E-state index in [2.05, 4.69) is 5.10 Å². The van der Waals surface area contributed by atoms with Gasteiger partial charge in [-0.1, -0.05) is 25.7 Å². The number of likely N-dealkylation sites (tertiary alicyclic amines) is 1. The van der Waals surface area contributed by atoms with Gasteiger partial charge in [-0.2, -0.15) is 5.10 Å². The van der Waals surface area contributed by atoms with Crippen molar-refractivity contribution >= 4 is 11.8 Å². The van der Waals surface area contributed by atoms with Gasteiger partial charge in [0.25, 0.3) is 0 Å². The first-order valence-corrected chi connectivity index (χ1v) is 10.4. The monoisotopic (exact) mass is 374 g/mol. The number of rotatable bonds is 6. The molecule has 0 radical (unpaired) electrons. The summed E-state index contributed by atoms with van der Waals surface area (Å²) in [5, 5.41) is 4.43. The second kappa shape index (κ2) is 8.44. The standard InChI is InChI=1S/C21H34N4O2/c1-15-19(16(2)24(4)22-15)14-23(3)21(27)18-11-12-25(13-18)20(26)10-9-17-7-5-6-8-17/h17-18H,5-14H2,1-4H3/t18-/m0/s1. The molecule has 6 heteroatoms. The van der Waals surface area contributed by atoms with Gasteiger partial charge in [-0.25, -0.2) is 0 Å². The maximum absolute atomic E-state index is 12.9. The van der Waals surface area contributed by atoms with E-state index in [1.165, 1.54) is 25.7 Å². The Kier molecular flexibility index (Phi) is 6.22. The summed E-state index contributed by atoms with van der Waals surface area (Å²) >= 11 is 0. The molecular weight excluding hydrogens is 340 g/mol. The van der Waals surface area contributed by atoms with Crippen LogP contribution in [0, 0.1) is 25.7 Å². The van der Waals surface area contributed by atoms with Gasteiger partial charge >= 0.3 is 0 Å². The highest BCUT2D eigenvalue weighted by Gasteiger charge is 2.33. The van der Waals surface area contributed by atoms with Crippen LogP contribution in [0.25, 0.3) is 0 Å². The van der Waals surface area contributed by atoms with Gasteiger partial charge in [-0.05, 0) is 32.6 Å². The third-order valence-electron chi connectivity index (χ3n) is 6.56. The fraction of sp³-hybridized carbons (Fsp3) is 0.762. The normalized spacial score (nSPS) is 20.4. The lowest BCUT2D eigenvalue weighted by atomic mass is 10.0. The van der Waals surface area contributed by atoms with E-state index in [1.54, 1.807) is 4.90 Å². The minimum absolute atomic E-state index is 0.0669. The Labute approximate surface area is 162 Å². The van der Waals surface area contributed by atoms with E-state index in [-0.39, 0.29) is 17.7 Å². The molecule has 1 atom stereocenters. The molecule has 2 heterocycles. The van der Waals surface area contributed by atoms with Crippen molar-refractivity contribution in [2.24, 2.45) is 18.9 Å². The molecule has 1 saturated carbocycles. The quantitative estimate of drug-likeness (QED) is 0.769. The van der Waals surface area contributed by atoms with Crippen LogP contribution in [-0.2, 0) is 23.2 Å². The van der Waals surface area contributed by atoms with Crippen molar-refractivity contribution < 1.29 is 9.59 Å². The molecule has 1 aliphatic carbocycles. The molecule has 2 aliphatic rings. The number of carbonyl (C=O) groups is 2. The van der Waals surface area contributed by atoms with Gasteiger partial charge in [0.05, 0.1) is 11.6 Å². The minimum Gasteiger partial charge on any atom is -0.342 e. The molecule has 2 amide bonds. The topological polar surface area (TPSA) is 58.4 Å². The first-order valence-electron chi connectivity index (χ1n) is 10.4. The summed E-state index contributed by atoms with van der Waals surface area (Å²) < 4.78 is 1.86. The lowest BCUT2D eigenvalue weighted by molar-refractivity contribution is -0.135. The number of aryl methyl sites for hydroxylation is 2. The zero-order chi connectivity index (χ0) is 19.6. The van der Waals surface area contributed by atoms with Crippen LogP contribution in [0.1, 0.15) is 61.9 Å². The molecule has 1 aromatic heterocycles. The van der Waals surface area contributed by atoms with Crippen LogP contribution in [0.3, 0.4) is 0 Å². The van der Waals surface area contributed by atoms with Crippen LogP contribution in [0.4, 0.5) is 0 Å². The van der Waals surface area contributed by atoms with E-state index in [0.29, 0.717) is 19.5 Å². The van der Waals surface area contributed by atoms with Crippen molar-refractivity contribution in [2.75, 3.05) is 20.1 Å². The van der Waals surface area contributed by atoms with Gasteiger partial charge in [0.2, 0.25) is 11.8 Å². The average molecular weight is 375 g/mol. The van der Waals surface area contributed by atoms with Crippen molar-refractivity contribution in [3.05, 3.63) is 17.0 Å². The number of hydrogen-bond acceptors (Lipinski definition) is 3. The Morgan fingerprint density at radius 2 is 1.89 bits per heavy atom. The highest BCUT2D eigenvalue weighted by molar-refractivity contribution is 5.82. The number of amides is 2. The third kappa shape index (κ3) is 4.53. The minimum atomic E-state index is -0.0669. The molecule has 1 aliphatic heterocycles. The van der Waals surface area contributed by atoms with Crippen molar-refractivity contribution in [3.8, 4) is 0 Å². The summed E-state index contributed by atoms with van der Waals surface area (Å²) in [6.45, 7) is 5.90. The van der Waals surface area contributed by atoms with E-state index < -0.39 is 0 Å². The highest BCUT2D eigenvalue weighted by Crippen LogP contribution is 2.29. The van der Waals surface area contributed by atoms with Crippen LogP contribution in [0.5, 0.6) is 0 Å². The van der Waals surface area contributed by atoms with Crippen LogP contribution in [-0.4, -0.2) is 51.5 Å². The highest BCUT2D eigenvalue weighted by atomic mass is 16.2. The van der Waals surface area contributed by atoms with Crippen molar-refractivity contribution in [2.45, 2.75) is 65.3 Å². The maximum Gasteiger partial charge on any atom is 0.227 e. The van der Waals surface area contributed by atoms with Crippen LogP contribution in [0.2, 0.25) is 0 Å². The van der Waals surface area contributed by atoms with E-state index in [4.69, 9.17) is 0 Å². The summed E-state index contributed by atoms with van der Waals surface area (Å²) in [5.41, 5.74) is 3.20. The van der Waals surface area contributed by atoms with E-state index >= 15 is 0 Å². The predicted molar refractivity (Wildman–Crippen MR) is 105 cm³/mol. The Hall–Kier alpha value is -1.85. The molecule has 6 nitrogen and oxygen atoms in total. The number of carbonyl (C=O) groups excluding carboxylic acids is 2. The van der Waals surface area contributed by atoms with Crippen LogP contribution in [0.15, 0.2) is 0 Å². The Morgan fingerprint density at radius 3 is 2.52 bits per heavy atom. The Bertz CT molecular complexity index is 691. The molecule has 2 fully saturated rings. The van der Waals surface area contributed by atoms with E-state index in [1.807, 2.05) is 37.5 Å². The SMILES string of the molecule is Cc1nn(C)c(C)c1CN(C)C(=O)[C@H]1CCN(C(=O)CCC2CCCC2)C1. The molecule has 0 N–H and O–H groups in total. The molecular formula is C21H34N4O2. The van der Waals surface area contributed by atoms with Gasteiger partial charge in [0, 0.05) is 51.4 Å². The first kappa shape index (κ1) is 19.9. The second-order valence-corrected chi connectivity index (χ2v) is 8.48. The summed E-state index contributed by atoms with van der Waals surface area (Å²) in [6.07, 6.45) is 7.66. The molecule has 3 rings (SSSR count). The molecule has 1 aromatic rings. The lowest BCUT2D eigenvalue weighted by Gasteiger charge is -2.22.